The molecular formula is C11H14O3S11. The molecule has 0 aliphatic heterocycles. The SMILES string of the molecule is COC(=O)C(C)Oc1ccc(C)cc1.S=S=S=S=S=S=S=S=S=S=S. The maximum Gasteiger partial charge on any atom is 0.346 e. The van der Waals surface area contributed by atoms with Crippen molar-refractivity contribution in [3.63, 3.8) is 0 Å². The van der Waals surface area contributed by atoms with Gasteiger partial charge in [0.05, 0.1) is 7.11 Å². The number of carbonyl (C=O) groups excluding carboxylic acids is 1. The van der Waals surface area contributed by atoms with Crippen LogP contribution in [0.2, 0.25) is 0 Å². The highest BCUT2D eigenvalue weighted by molar-refractivity contribution is 8.74. The quantitative estimate of drug-likeness (QED) is 0.542. The second-order valence-corrected chi connectivity index (χ2v) is 19.6. The number of hydrogen-bond acceptors (Lipinski definition) is 5. The molecular weight excluding hydrogens is 533 g/mol. The van der Waals surface area contributed by atoms with Gasteiger partial charge in [0.25, 0.3) is 0 Å². The minimum atomic E-state index is -0.567. The lowest BCUT2D eigenvalue weighted by molar-refractivity contribution is -0.147. The van der Waals surface area contributed by atoms with Crippen molar-refractivity contribution in [3.05, 3.63) is 29.8 Å². The number of aryl methyl sites for hydroxylation is 1. The van der Waals surface area contributed by atoms with Crippen LogP contribution in [-0.2, 0) is 112 Å². The van der Waals surface area contributed by atoms with Crippen LogP contribution in [0, 0.1) is 6.92 Å². The number of esters is 1. The van der Waals surface area contributed by atoms with Gasteiger partial charge in [0.15, 0.2) is 6.10 Å². The van der Waals surface area contributed by atoms with Gasteiger partial charge < -0.3 is 9.47 Å². The Balaban J connectivity index is 0.000000477. The van der Waals surface area contributed by atoms with Crippen molar-refractivity contribution >= 4 is 108 Å². The van der Waals surface area contributed by atoms with Gasteiger partial charge in [-0.1, -0.05) is 17.7 Å². The average Bonchev–Trinajstić information content (AvgIpc) is 2.62. The molecule has 0 saturated heterocycles. The van der Waals surface area contributed by atoms with Gasteiger partial charge in [0, 0.05) is 102 Å². The van der Waals surface area contributed by atoms with Crippen molar-refractivity contribution in [2.24, 2.45) is 0 Å². The number of methoxy groups -OCH3 is 1. The van der Waals surface area contributed by atoms with Crippen molar-refractivity contribution < 1.29 is 14.3 Å². The summed E-state index contributed by atoms with van der Waals surface area (Å²) >= 11 is 9.35. The lowest BCUT2D eigenvalue weighted by Crippen LogP contribution is -2.24. The molecule has 0 aromatic heterocycles. The third-order valence-electron chi connectivity index (χ3n) is 2.09. The molecule has 0 N–H and O–H groups in total. The fourth-order valence-electron chi connectivity index (χ4n) is 1.11. The van der Waals surface area contributed by atoms with E-state index < -0.39 is 6.10 Å². The molecule has 0 bridgehead atoms. The molecule has 0 radical (unpaired) electrons. The van der Waals surface area contributed by atoms with Gasteiger partial charge in [0.1, 0.15) is 5.75 Å². The van der Waals surface area contributed by atoms with Crippen molar-refractivity contribution in [3.8, 4) is 5.75 Å². The van der Waals surface area contributed by atoms with Crippen LogP contribution in [0.5, 0.6) is 5.75 Å². The van der Waals surface area contributed by atoms with Crippen LogP contribution < -0.4 is 4.74 Å². The second-order valence-electron chi connectivity index (χ2n) is 3.71. The Kier molecular flexibility index (Phi) is 18.9. The molecule has 142 valence electrons. The van der Waals surface area contributed by atoms with Gasteiger partial charge in [-0.15, -0.1) is 0 Å². The molecule has 0 amide bonds. The molecule has 1 unspecified atom stereocenters. The zero-order chi connectivity index (χ0) is 18.9. The average molecular weight is 547 g/mol. The third kappa shape index (κ3) is 15.6. The summed E-state index contributed by atoms with van der Waals surface area (Å²) in [6.07, 6.45) is -0.567. The summed E-state index contributed by atoms with van der Waals surface area (Å²) in [5.41, 5.74) is 1.16. The molecule has 3 nitrogen and oxygen atoms in total. The van der Waals surface area contributed by atoms with E-state index in [1.54, 1.807) is 69.1 Å². The first kappa shape index (κ1) is 25.9. The molecule has 25 heavy (non-hydrogen) atoms. The van der Waals surface area contributed by atoms with Crippen molar-refractivity contribution in [1.29, 1.82) is 0 Å². The normalized spacial score (nSPS) is 9.72. The van der Waals surface area contributed by atoms with Crippen molar-refractivity contribution in [2.45, 2.75) is 20.0 Å². The zero-order valence-electron chi connectivity index (χ0n) is 13.1. The van der Waals surface area contributed by atoms with E-state index >= 15 is 0 Å². The highest BCUT2D eigenvalue weighted by Gasteiger charge is 2.14. The predicted octanol–water partition coefficient (Wildman–Crippen LogP) is 1.91. The fourth-order valence-corrected chi connectivity index (χ4v) is 20.3. The molecule has 0 saturated carbocycles. The molecule has 0 heterocycles. The Morgan fingerprint density at radius 1 is 0.920 bits per heavy atom. The Bertz CT molecular complexity index is 876. The summed E-state index contributed by atoms with van der Waals surface area (Å²) < 4.78 is 9.89. The summed E-state index contributed by atoms with van der Waals surface area (Å²) in [4.78, 5) is 11.0. The Morgan fingerprint density at radius 2 is 1.36 bits per heavy atom. The molecule has 14 heteroatoms. The lowest BCUT2D eigenvalue weighted by atomic mass is 10.2. The van der Waals surface area contributed by atoms with Crippen molar-refractivity contribution in [1.82, 2.24) is 0 Å². The minimum Gasteiger partial charge on any atom is -0.479 e. The summed E-state index contributed by atoms with van der Waals surface area (Å²) in [7, 11) is 15.8. The van der Waals surface area contributed by atoms with E-state index in [-0.39, 0.29) is 5.97 Å². The largest absolute Gasteiger partial charge is 0.479 e. The molecule has 1 rings (SSSR count). The monoisotopic (exact) mass is 546 g/mol. The maximum atomic E-state index is 11.0. The Morgan fingerprint density at radius 3 is 1.76 bits per heavy atom. The number of ether oxygens (including phenoxy) is 2. The smallest absolute Gasteiger partial charge is 0.346 e. The van der Waals surface area contributed by atoms with Crippen LogP contribution in [0.3, 0.4) is 0 Å². The highest BCUT2D eigenvalue weighted by Crippen LogP contribution is 2.13. The van der Waals surface area contributed by atoms with E-state index in [0.717, 1.165) is 5.56 Å². The number of carbonyl (C=O) groups is 1. The molecule has 0 aliphatic rings. The van der Waals surface area contributed by atoms with Crippen LogP contribution in [-0.4, -0.2) is 19.2 Å². The minimum absolute atomic E-state index is 0.370. The topological polar surface area (TPSA) is 35.5 Å². The Labute approximate surface area is 183 Å². The van der Waals surface area contributed by atoms with Crippen LogP contribution in [0.4, 0.5) is 0 Å². The van der Waals surface area contributed by atoms with Crippen LogP contribution >= 0.6 is 0 Å². The summed E-state index contributed by atoms with van der Waals surface area (Å²) in [6.45, 7) is 3.65. The van der Waals surface area contributed by atoms with E-state index in [2.05, 4.69) is 27.1 Å². The van der Waals surface area contributed by atoms with E-state index in [4.69, 9.17) is 4.74 Å². The van der Waals surface area contributed by atoms with Crippen LogP contribution in [0.15, 0.2) is 24.3 Å². The van der Waals surface area contributed by atoms with Gasteiger partial charge in [-0.3, -0.25) is 0 Å². The maximum absolute atomic E-state index is 11.0. The first-order valence-corrected chi connectivity index (χ1v) is 19.4. The molecule has 0 aliphatic carbocycles. The number of rotatable bonds is 3. The van der Waals surface area contributed by atoms with Gasteiger partial charge in [-0.25, -0.2) is 4.79 Å². The molecule has 1 aromatic carbocycles. The zero-order valence-corrected chi connectivity index (χ0v) is 22.1. The highest BCUT2D eigenvalue weighted by atomic mass is 33.4. The number of hydrogen-bond donors (Lipinski definition) is 0. The lowest BCUT2D eigenvalue weighted by Gasteiger charge is -2.12. The molecule has 0 spiro atoms. The van der Waals surface area contributed by atoms with Crippen LogP contribution in [0.25, 0.3) is 0 Å². The van der Waals surface area contributed by atoms with Gasteiger partial charge in [-0.2, -0.15) is 0 Å². The molecule has 0 fully saturated rings. The van der Waals surface area contributed by atoms with Gasteiger partial charge in [0.2, 0.25) is 0 Å². The van der Waals surface area contributed by atoms with E-state index in [9.17, 15) is 4.79 Å². The van der Waals surface area contributed by atoms with E-state index in [0.29, 0.717) is 5.75 Å². The first-order chi connectivity index (χ1) is 12.0. The summed E-state index contributed by atoms with van der Waals surface area (Å²) in [5, 5.41) is 0. The van der Waals surface area contributed by atoms with E-state index in [1.165, 1.54) is 24.9 Å². The van der Waals surface area contributed by atoms with Gasteiger partial charge in [-0.05, 0) is 26.0 Å². The Hall–Kier alpha value is 0.910. The standard InChI is InChI=1S/C11H14O3.S11/c1-8-4-6-10(7-5-8)14-9(2)11(12)13-3;1-3-5-7-9-11-10-8-6-4-2/h4-7,9H,1-3H3;. The third-order valence-corrected chi connectivity index (χ3v) is 19.9. The summed E-state index contributed by atoms with van der Waals surface area (Å²) in [5.74, 6) is 0.305. The van der Waals surface area contributed by atoms with E-state index in [1.807, 2.05) is 31.2 Å². The predicted molar refractivity (Wildman–Crippen MR) is 134 cm³/mol. The molecule has 1 atom stereocenters. The summed E-state index contributed by atoms with van der Waals surface area (Å²) in [6, 6.07) is 7.52. The number of benzene rings is 1. The van der Waals surface area contributed by atoms with Crippen LogP contribution in [0.1, 0.15) is 12.5 Å². The first-order valence-electron chi connectivity index (χ1n) is 6.11. The molecule has 1 aromatic rings. The second kappa shape index (κ2) is 18.3. The van der Waals surface area contributed by atoms with Gasteiger partial charge >= 0.3 is 5.97 Å². The van der Waals surface area contributed by atoms with Crippen molar-refractivity contribution in [2.75, 3.05) is 7.11 Å². The fraction of sp³-hybridized carbons (Fsp3) is 0.364.